The van der Waals surface area contributed by atoms with Gasteiger partial charge in [0.1, 0.15) is 23.0 Å². The van der Waals surface area contributed by atoms with Crippen molar-refractivity contribution in [1.82, 2.24) is 14.1 Å². The molecule has 0 unspecified atom stereocenters. The van der Waals surface area contributed by atoms with Gasteiger partial charge in [0, 0.05) is 35.2 Å². The summed E-state index contributed by atoms with van der Waals surface area (Å²) in [7, 11) is -4.18. The first-order valence-electron chi connectivity index (χ1n) is 15.4. The van der Waals surface area contributed by atoms with E-state index in [2.05, 4.69) is 26.6 Å². The maximum Gasteiger partial charge on any atom is 0.247 e. The minimum absolute atomic E-state index is 0.0890. The number of likely N-dealkylation sites (tertiary alicyclic amines) is 2. The van der Waals surface area contributed by atoms with Crippen LogP contribution in [-0.2, 0) is 29.2 Å². The molecule has 0 radical (unpaired) electrons. The lowest BCUT2D eigenvalue weighted by Gasteiger charge is -2.34. The Kier molecular flexibility index (Phi) is 9.71. The Labute approximate surface area is 272 Å². The lowest BCUT2D eigenvalue weighted by molar-refractivity contribution is -0.149. The number of benzene rings is 2. The molecule has 3 heterocycles. The molecule has 242 valence electrons. The first-order valence-corrected chi connectivity index (χ1v) is 17.6. The first kappa shape index (κ1) is 33.1. The fourth-order valence-corrected chi connectivity index (χ4v) is 8.45. The van der Waals surface area contributed by atoms with Gasteiger partial charge in [-0.2, -0.15) is 4.31 Å². The molecular formula is C32H40BrN5O6S. The zero-order chi connectivity index (χ0) is 32.5. The van der Waals surface area contributed by atoms with Gasteiger partial charge in [0.2, 0.25) is 33.7 Å². The number of rotatable bonds is 7. The summed E-state index contributed by atoms with van der Waals surface area (Å²) in [4.78, 5) is 56.7. The van der Waals surface area contributed by atoms with Crippen LogP contribution in [0.5, 0.6) is 0 Å². The monoisotopic (exact) mass is 701 g/mol. The van der Waals surface area contributed by atoms with Gasteiger partial charge in [-0.1, -0.05) is 48.8 Å². The molecule has 0 bridgehead atoms. The third-order valence-electron chi connectivity index (χ3n) is 8.63. The molecule has 0 aliphatic carbocycles. The molecule has 3 aliphatic heterocycles. The van der Waals surface area contributed by atoms with E-state index in [1.807, 2.05) is 20.8 Å². The van der Waals surface area contributed by atoms with Crippen molar-refractivity contribution in [3.05, 3.63) is 53.0 Å². The molecule has 0 aromatic heterocycles. The summed E-state index contributed by atoms with van der Waals surface area (Å²) in [5, 5.41) is 5.59. The number of carbonyl (C=O) groups is 4. The van der Waals surface area contributed by atoms with E-state index in [4.69, 9.17) is 0 Å². The van der Waals surface area contributed by atoms with Crippen LogP contribution in [0.4, 0.5) is 11.4 Å². The van der Waals surface area contributed by atoms with Gasteiger partial charge in [-0.05, 0) is 74.9 Å². The third kappa shape index (κ3) is 6.95. The molecule has 0 spiro atoms. The Morgan fingerprint density at radius 1 is 0.756 bits per heavy atom. The summed E-state index contributed by atoms with van der Waals surface area (Å²) in [6.07, 6.45) is 3.18. The topological polar surface area (TPSA) is 136 Å². The Morgan fingerprint density at radius 2 is 1.33 bits per heavy atom. The molecule has 13 heteroatoms. The summed E-state index contributed by atoms with van der Waals surface area (Å²) < 4.78 is 30.0. The number of amides is 4. The minimum atomic E-state index is -4.18. The van der Waals surface area contributed by atoms with Gasteiger partial charge in [0.25, 0.3) is 0 Å². The zero-order valence-electron chi connectivity index (χ0n) is 25.8. The Hall–Kier alpha value is -3.29. The molecule has 4 amide bonds. The number of nitrogens with zero attached hydrogens (tertiary/aromatic N) is 3. The van der Waals surface area contributed by atoms with Crippen molar-refractivity contribution in [2.24, 2.45) is 5.41 Å². The van der Waals surface area contributed by atoms with Gasteiger partial charge in [0.05, 0.1) is 5.69 Å². The molecule has 11 nitrogen and oxygen atoms in total. The van der Waals surface area contributed by atoms with Gasteiger partial charge < -0.3 is 20.4 Å². The van der Waals surface area contributed by atoms with Gasteiger partial charge in [-0.3, -0.25) is 19.2 Å². The maximum atomic E-state index is 14.0. The van der Waals surface area contributed by atoms with Crippen LogP contribution in [0.25, 0.3) is 0 Å². The van der Waals surface area contributed by atoms with Gasteiger partial charge in [0.15, 0.2) is 0 Å². The Balaban J connectivity index is 1.32. The number of nitrogens with one attached hydrogen (secondary N) is 2. The lowest BCUT2D eigenvalue weighted by atomic mass is 9.94. The Bertz CT molecular complexity index is 1570. The van der Waals surface area contributed by atoms with Crippen LogP contribution in [0.15, 0.2) is 57.9 Å². The van der Waals surface area contributed by atoms with E-state index in [9.17, 15) is 27.6 Å². The van der Waals surface area contributed by atoms with E-state index in [-0.39, 0.29) is 28.9 Å². The van der Waals surface area contributed by atoms with Crippen LogP contribution < -0.4 is 10.6 Å². The van der Waals surface area contributed by atoms with Crippen LogP contribution >= 0.6 is 15.9 Å². The van der Waals surface area contributed by atoms with Crippen LogP contribution in [0.3, 0.4) is 0 Å². The van der Waals surface area contributed by atoms with E-state index < -0.39 is 45.4 Å². The van der Waals surface area contributed by atoms with Crippen molar-refractivity contribution in [3.63, 3.8) is 0 Å². The summed E-state index contributed by atoms with van der Waals surface area (Å²) in [6, 6.07) is 10.8. The summed E-state index contributed by atoms with van der Waals surface area (Å²) in [5.74, 6) is -1.25. The van der Waals surface area contributed by atoms with Crippen LogP contribution in [0.1, 0.15) is 59.3 Å². The first-order chi connectivity index (χ1) is 21.3. The number of hydrogen-bond donors (Lipinski definition) is 2. The van der Waals surface area contributed by atoms with Crippen LogP contribution in [-0.4, -0.2) is 83.9 Å². The summed E-state index contributed by atoms with van der Waals surface area (Å²) >= 11 is 3.36. The SMILES string of the molecule is CC(C)(C)C(=O)N1CCC[C@H]1C(=O)N1CCC[C@H]1C(=O)Nc1ccccc1S(=O)(=O)N1CCC[C@H]1C(=O)Nc1ccc(Br)cc1. The molecular weight excluding hydrogens is 662 g/mol. The highest BCUT2D eigenvalue weighted by Crippen LogP contribution is 2.33. The number of para-hydroxylation sites is 1. The number of anilines is 2. The number of halogens is 1. The fourth-order valence-electron chi connectivity index (χ4n) is 6.38. The van der Waals surface area contributed by atoms with Gasteiger partial charge in [-0.25, -0.2) is 8.42 Å². The molecule has 5 rings (SSSR count). The third-order valence-corrected chi connectivity index (χ3v) is 11.1. The normalized spacial score (nSPS) is 22.4. The van der Waals surface area contributed by atoms with Gasteiger partial charge >= 0.3 is 0 Å². The van der Waals surface area contributed by atoms with Crippen LogP contribution in [0, 0.1) is 5.41 Å². The van der Waals surface area contributed by atoms with E-state index in [1.54, 1.807) is 41.3 Å². The average molecular weight is 703 g/mol. The summed E-state index contributed by atoms with van der Waals surface area (Å²) in [5.41, 5.74) is 0.0128. The smallest absolute Gasteiger partial charge is 0.247 e. The predicted octanol–water partition coefficient (Wildman–Crippen LogP) is 4.21. The highest BCUT2D eigenvalue weighted by atomic mass is 79.9. The molecule has 3 atom stereocenters. The molecule has 2 N–H and O–H groups in total. The molecule has 0 saturated carbocycles. The number of sulfonamides is 1. The highest BCUT2D eigenvalue weighted by molar-refractivity contribution is 9.10. The Morgan fingerprint density at radius 3 is 2.02 bits per heavy atom. The zero-order valence-corrected chi connectivity index (χ0v) is 28.2. The molecule has 2 aromatic carbocycles. The second kappa shape index (κ2) is 13.2. The highest BCUT2D eigenvalue weighted by Gasteiger charge is 2.45. The van der Waals surface area contributed by atoms with Crippen molar-refractivity contribution in [3.8, 4) is 0 Å². The van der Waals surface area contributed by atoms with Crippen molar-refractivity contribution < 1.29 is 27.6 Å². The molecule has 3 saturated heterocycles. The maximum absolute atomic E-state index is 14.0. The summed E-state index contributed by atoms with van der Waals surface area (Å²) in [6.45, 7) is 6.53. The van der Waals surface area contributed by atoms with Crippen molar-refractivity contribution >= 4 is 61.0 Å². The standard InChI is InChI=1S/C32H40BrN5O6S/c1-32(2,3)31(42)37-19-7-12-26(37)30(41)36-18-6-10-24(36)28(39)35-23-9-4-5-13-27(23)45(43,44)38-20-8-11-25(38)29(40)34-22-16-14-21(33)15-17-22/h4-5,9,13-17,24-26H,6-8,10-12,18-20H2,1-3H3,(H,34,40)(H,35,39)/t24-,25-,26-/m0/s1. The number of hydrogen-bond acceptors (Lipinski definition) is 6. The van der Waals surface area contributed by atoms with E-state index in [1.165, 1.54) is 21.3 Å². The molecule has 2 aromatic rings. The van der Waals surface area contributed by atoms with Gasteiger partial charge in [-0.15, -0.1) is 0 Å². The quantitative estimate of drug-likeness (QED) is 0.444. The van der Waals surface area contributed by atoms with Crippen molar-refractivity contribution in [2.75, 3.05) is 30.3 Å². The average Bonchev–Trinajstić information content (AvgIpc) is 3.78. The lowest BCUT2D eigenvalue weighted by Crippen LogP contribution is -2.53. The van der Waals surface area contributed by atoms with Crippen molar-refractivity contribution in [1.29, 1.82) is 0 Å². The van der Waals surface area contributed by atoms with E-state index in [0.717, 1.165) is 4.47 Å². The molecule has 45 heavy (non-hydrogen) atoms. The molecule has 3 fully saturated rings. The largest absolute Gasteiger partial charge is 0.330 e. The fraction of sp³-hybridized carbons (Fsp3) is 0.500. The van der Waals surface area contributed by atoms with Crippen LogP contribution in [0.2, 0.25) is 0 Å². The van der Waals surface area contributed by atoms with Crippen molar-refractivity contribution in [2.45, 2.75) is 82.3 Å². The predicted molar refractivity (Wildman–Crippen MR) is 174 cm³/mol. The van der Waals surface area contributed by atoms with E-state index >= 15 is 0 Å². The second-order valence-electron chi connectivity index (χ2n) is 12.9. The van der Waals surface area contributed by atoms with E-state index in [0.29, 0.717) is 57.3 Å². The minimum Gasteiger partial charge on any atom is -0.330 e. The number of carbonyl (C=O) groups excluding carboxylic acids is 4. The second-order valence-corrected chi connectivity index (χ2v) is 15.6. The molecule has 3 aliphatic rings.